The molecule has 0 unspecified atom stereocenters. The molecule has 0 bridgehead atoms. The Morgan fingerprint density at radius 2 is 1.32 bits per heavy atom. The topological polar surface area (TPSA) is 66.4 Å². The summed E-state index contributed by atoms with van der Waals surface area (Å²) in [7, 11) is 0. The predicted octanol–water partition coefficient (Wildman–Crippen LogP) is 3.12. The minimum absolute atomic E-state index is 0.116. The third-order valence-electron chi connectivity index (χ3n) is 3.47. The number of aliphatic hydroxyl groups is 1. The van der Waals surface area contributed by atoms with Crippen LogP contribution in [0.2, 0.25) is 0 Å². The Hall–Kier alpha value is -2.74. The lowest BCUT2D eigenvalue weighted by atomic mass is 10.0. The van der Waals surface area contributed by atoms with E-state index in [1.807, 2.05) is 0 Å². The van der Waals surface area contributed by atoms with Gasteiger partial charge in [0.1, 0.15) is 0 Å². The van der Waals surface area contributed by atoms with Gasteiger partial charge in [0.2, 0.25) is 0 Å². The van der Waals surface area contributed by atoms with Crippen molar-refractivity contribution in [1.29, 1.82) is 0 Å². The maximum atomic E-state index is 12.6. The van der Waals surface area contributed by atoms with E-state index in [9.17, 15) is 32.3 Å². The van der Waals surface area contributed by atoms with Crippen LogP contribution in [-0.4, -0.2) is 35.2 Å². The monoisotopic (exact) mass is 355 g/mol. The summed E-state index contributed by atoms with van der Waals surface area (Å²) in [5.41, 5.74) is -3.56. The first-order chi connectivity index (χ1) is 11.8. The molecule has 0 heterocycles. The molecule has 0 radical (unpaired) electrons. The first-order valence-corrected chi connectivity index (χ1v) is 7.06. The number of amides is 1. The van der Waals surface area contributed by atoms with Crippen molar-refractivity contribution in [2.45, 2.75) is 18.5 Å². The molecule has 0 atom stereocenters. The molecule has 8 heteroatoms. The standard InChI is InChI=1S/C17H13F4NO3/c18-14(19)17(25,15(20)21)16(24)22-12-8-6-11(7-9-12)13(23)10-4-2-1-3-5-10/h1-9,14-15,25H,(H,22,24). The molecule has 132 valence electrons. The van der Waals surface area contributed by atoms with Crippen LogP contribution in [0, 0.1) is 0 Å². The predicted molar refractivity (Wildman–Crippen MR) is 81.9 cm³/mol. The molecule has 2 N–H and O–H groups in total. The van der Waals surface area contributed by atoms with Crippen molar-refractivity contribution < 1.29 is 32.3 Å². The molecular formula is C17H13F4NO3. The molecule has 2 aromatic carbocycles. The van der Waals surface area contributed by atoms with E-state index < -0.39 is 24.4 Å². The number of benzene rings is 2. The number of ketones is 1. The normalized spacial score (nSPS) is 11.6. The van der Waals surface area contributed by atoms with E-state index in [1.165, 1.54) is 24.3 Å². The molecule has 0 aliphatic carbocycles. The fraction of sp³-hybridized carbons (Fsp3) is 0.176. The molecular weight excluding hydrogens is 342 g/mol. The number of anilines is 1. The molecule has 4 nitrogen and oxygen atoms in total. The van der Waals surface area contributed by atoms with Crippen LogP contribution >= 0.6 is 0 Å². The highest BCUT2D eigenvalue weighted by Gasteiger charge is 2.54. The van der Waals surface area contributed by atoms with Gasteiger partial charge >= 0.3 is 0 Å². The molecule has 0 spiro atoms. The van der Waals surface area contributed by atoms with Crippen molar-refractivity contribution in [3.63, 3.8) is 0 Å². The lowest BCUT2D eigenvalue weighted by molar-refractivity contribution is -0.184. The highest BCUT2D eigenvalue weighted by atomic mass is 19.3. The molecule has 0 aliphatic rings. The Morgan fingerprint density at radius 3 is 1.80 bits per heavy atom. The highest BCUT2D eigenvalue weighted by molar-refractivity contribution is 6.09. The van der Waals surface area contributed by atoms with Crippen molar-refractivity contribution in [3.05, 3.63) is 65.7 Å². The Balaban J connectivity index is 2.15. The van der Waals surface area contributed by atoms with Crippen molar-refractivity contribution in [3.8, 4) is 0 Å². The van der Waals surface area contributed by atoms with Crippen LogP contribution < -0.4 is 5.32 Å². The minimum Gasteiger partial charge on any atom is -0.371 e. The van der Waals surface area contributed by atoms with E-state index in [4.69, 9.17) is 0 Å². The summed E-state index contributed by atoms with van der Waals surface area (Å²) in [4.78, 5) is 23.8. The Labute approximate surface area is 140 Å². The first kappa shape index (κ1) is 18.6. The molecule has 0 aliphatic heterocycles. The number of carbonyl (C=O) groups excluding carboxylic acids is 2. The third kappa shape index (κ3) is 3.85. The number of nitrogens with one attached hydrogen (secondary N) is 1. The Kier molecular flexibility index (Phi) is 5.53. The van der Waals surface area contributed by atoms with Gasteiger partial charge in [-0.3, -0.25) is 9.59 Å². The van der Waals surface area contributed by atoms with Gasteiger partial charge in [0.15, 0.2) is 5.78 Å². The Bertz CT molecular complexity index is 740. The summed E-state index contributed by atoms with van der Waals surface area (Å²) in [6, 6.07) is 13.3. The van der Waals surface area contributed by atoms with Gasteiger partial charge in [-0.25, -0.2) is 17.6 Å². The van der Waals surface area contributed by atoms with Gasteiger partial charge in [-0.2, -0.15) is 0 Å². The van der Waals surface area contributed by atoms with Gasteiger partial charge in [0.25, 0.3) is 24.4 Å². The van der Waals surface area contributed by atoms with Crippen LogP contribution in [-0.2, 0) is 4.79 Å². The van der Waals surface area contributed by atoms with Gasteiger partial charge in [-0.05, 0) is 24.3 Å². The van der Waals surface area contributed by atoms with Gasteiger partial charge in [0.05, 0.1) is 0 Å². The average Bonchev–Trinajstić information content (AvgIpc) is 2.61. The number of hydrogen-bond donors (Lipinski definition) is 2. The fourth-order valence-electron chi connectivity index (χ4n) is 1.99. The lowest BCUT2D eigenvalue weighted by Crippen LogP contribution is -2.54. The van der Waals surface area contributed by atoms with Crippen LogP contribution in [0.4, 0.5) is 23.2 Å². The maximum absolute atomic E-state index is 12.6. The maximum Gasteiger partial charge on any atom is 0.281 e. The van der Waals surface area contributed by atoms with Gasteiger partial charge in [0, 0.05) is 16.8 Å². The number of halogens is 4. The van der Waals surface area contributed by atoms with Crippen molar-refractivity contribution in [2.75, 3.05) is 5.32 Å². The third-order valence-corrected chi connectivity index (χ3v) is 3.47. The number of rotatable bonds is 6. The second-order valence-corrected chi connectivity index (χ2v) is 5.15. The zero-order valence-electron chi connectivity index (χ0n) is 12.6. The zero-order valence-corrected chi connectivity index (χ0v) is 12.6. The van der Waals surface area contributed by atoms with E-state index in [0.717, 1.165) is 0 Å². The van der Waals surface area contributed by atoms with Crippen molar-refractivity contribution >= 4 is 17.4 Å². The summed E-state index contributed by atoms with van der Waals surface area (Å²) in [5.74, 6) is -2.24. The summed E-state index contributed by atoms with van der Waals surface area (Å²) >= 11 is 0. The minimum atomic E-state index is -4.11. The van der Waals surface area contributed by atoms with Gasteiger partial charge in [-0.1, -0.05) is 30.3 Å². The molecule has 0 fully saturated rings. The zero-order chi connectivity index (χ0) is 18.6. The molecule has 0 saturated heterocycles. The highest BCUT2D eigenvalue weighted by Crippen LogP contribution is 2.26. The summed E-state index contributed by atoms with van der Waals surface area (Å²) in [5, 5.41) is 11.0. The quantitative estimate of drug-likeness (QED) is 0.618. The van der Waals surface area contributed by atoms with Gasteiger partial charge in [-0.15, -0.1) is 0 Å². The van der Waals surface area contributed by atoms with E-state index in [0.29, 0.717) is 5.56 Å². The largest absolute Gasteiger partial charge is 0.371 e. The van der Waals surface area contributed by atoms with E-state index >= 15 is 0 Å². The molecule has 2 aromatic rings. The van der Waals surface area contributed by atoms with Crippen LogP contribution in [0.3, 0.4) is 0 Å². The SMILES string of the molecule is O=C(c1ccccc1)c1ccc(NC(=O)C(O)(C(F)F)C(F)F)cc1. The molecule has 25 heavy (non-hydrogen) atoms. The van der Waals surface area contributed by atoms with Crippen LogP contribution in [0.15, 0.2) is 54.6 Å². The summed E-state index contributed by atoms with van der Waals surface area (Å²) in [6.45, 7) is 0. The molecule has 1 amide bonds. The van der Waals surface area contributed by atoms with Crippen molar-refractivity contribution in [2.24, 2.45) is 0 Å². The van der Waals surface area contributed by atoms with E-state index in [2.05, 4.69) is 0 Å². The number of alkyl halides is 4. The smallest absolute Gasteiger partial charge is 0.281 e. The van der Waals surface area contributed by atoms with Crippen LogP contribution in [0.1, 0.15) is 15.9 Å². The second kappa shape index (κ2) is 7.43. The molecule has 2 rings (SSSR count). The van der Waals surface area contributed by atoms with Gasteiger partial charge < -0.3 is 10.4 Å². The van der Waals surface area contributed by atoms with Crippen molar-refractivity contribution in [1.82, 2.24) is 0 Å². The summed E-state index contributed by atoms with van der Waals surface area (Å²) in [6.07, 6.45) is -7.93. The lowest BCUT2D eigenvalue weighted by Gasteiger charge is -2.24. The number of carbonyl (C=O) groups is 2. The fourth-order valence-corrected chi connectivity index (χ4v) is 1.99. The second-order valence-electron chi connectivity index (χ2n) is 5.15. The van der Waals surface area contributed by atoms with E-state index in [1.54, 1.807) is 35.6 Å². The van der Waals surface area contributed by atoms with E-state index in [-0.39, 0.29) is 17.0 Å². The van der Waals surface area contributed by atoms with Crippen LogP contribution in [0.25, 0.3) is 0 Å². The van der Waals surface area contributed by atoms with Crippen LogP contribution in [0.5, 0.6) is 0 Å². The first-order valence-electron chi connectivity index (χ1n) is 7.06. The number of hydrogen-bond acceptors (Lipinski definition) is 3. The Morgan fingerprint density at radius 1 is 0.840 bits per heavy atom. The molecule has 0 saturated carbocycles. The summed E-state index contributed by atoms with van der Waals surface area (Å²) < 4.78 is 50.4. The average molecular weight is 355 g/mol. The molecule has 0 aromatic heterocycles.